The van der Waals surface area contributed by atoms with E-state index in [-0.39, 0.29) is 18.5 Å². The van der Waals surface area contributed by atoms with Gasteiger partial charge in [0.25, 0.3) is 0 Å². The molecule has 0 bridgehead atoms. The summed E-state index contributed by atoms with van der Waals surface area (Å²) in [6.45, 7) is 4.85. The SMILES string of the molecule is CCCCC/C=C\C/C=C\CCCCCCCC(=O)OCCCCCCCCCCC/C=C\C/C=C\CCCCCCCCCCCCCCCC(=O)NC(CO)C(O)/C=C/CCCCCCCCCC. The molecule has 2 unspecified atom stereocenters. The van der Waals surface area contributed by atoms with Crippen molar-refractivity contribution in [2.24, 2.45) is 0 Å². The Morgan fingerprint density at radius 3 is 1.10 bits per heavy atom. The maximum absolute atomic E-state index is 12.4. The van der Waals surface area contributed by atoms with Crippen LogP contribution in [0.15, 0.2) is 60.8 Å². The summed E-state index contributed by atoms with van der Waals surface area (Å²) < 4.78 is 5.47. The van der Waals surface area contributed by atoms with Crippen LogP contribution in [0.25, 0.3) is 0 Å². The van der Waals surface area contributed by atoms with Gasteiger partial charge in [-0.1, -0.05) is 267 Å². The Morgan fingerprint density at radius 2 is 0.704 bits per heavy atom. The molecule has 0 aliphatic heterocycles. The van der Waals surface area contributed by atoms with E-state index >= 15 is 0 Å². The fraction of sp³-hybridized carbons (Fsp3) is 0.815. The number of amides is 1. The number of ether oxygens (including phenoxy) is 1. The summed E-state index contributed by atoms with van der Waals surface area (Å²) in [5.41, 5.74) is 0. The fourth-order valence-corrected chi connectivity index (χ4v) is 9.22. The molecule has 0 aliphatic carbocycles. The van der Waals surface area contributed by atoms with E-state index in [9.17, 15) is 19.8 Å². The molecule has 0 fully saturated rings. The number of unbranched alkanes of at least 4 members (excludes halogenated alkanes) is 38. The maximum Gasteiger partial charge on any atom is 0.305 e. The first kappa shape index (κ1) is 68.6. The smallest absolute Gasteiger partial charge is 0.305 e. The van der Waals surface area contributed by atoms with Crippen molar-refractivity contribution in [3.63, 3.8) is 0 Å². The number of carbonyl (C=O) groups is 2. The summed E-state index contributed by atoms with van der Waals surface area (Å²) >= 11 is 0. The Kier molecular flexibility index (Phi) is 58.1. The monoisotopic (exact) mass is 994 g/mol. The highest BCUT2D eigenvalue weighted by molar-refractivity contribution is 5.76. The van der Waals surface area contributed by atoms with Crippen LogP contribution in [0.5, 0.6) is 0 Å². The van der Waals surface area contributed by atoms with E-state index in [4.69, 9.17) is 4.74 Å². The van der Waals surface area contributed by atoms with E-state index in [0.29, 0.717) is 19.4 Å². The molecule has 0 saturated heterocycles. The van der Waals surface area contributed by atoms with Crippen molar-refractivity contribution in [3.8, 4) is 0 Å². The van der Waals surface area contributed by atoms with Crippen molar-refractivity contribution < 1.29 is 24.5 Å². The molecule has 0 aliphatic rings. The number of carbonyl (C=O) groups excluding carboxylic acids is 2. The fourth-order valence-electron chi connectivity index (χ4n) is 9.22. The quantitative estimate of drug-likeness (QED) is 0.0321. The molecule has 0 aromatic carbocycles. The highest BCUT2D eigenvalue weighted by Crippen LogP contribution is 2.16. The van der Waals surface area contributed by atoms with Gasteiger partial charge in [0, 0.05) is 12.8 Å². The second kappa shape index (κ2) is 60.1. The van der Waals surface area contributed by atoms with Gasteiger partial charge in [-0.3, -0.25) is 9.59 Å². The van der Waals surface area contributed by atoms with Gasteiger partial charge in [0.05, 0.1) is 25.4 Å². The van der Waals surface area contributed by atoms with Crippen LogP contribution in [0.1, 0.15) is 316 Å². The average molecular weight is 995 g/mol. The van der Waals surface area contributed by atoms with E-state index in [2.05, 4.69) is 67.8 Å². The minimum absolute atomic E-state index is 0.00308. The first-order chi connectivity index (χ1) is 35.0. The number of hydrogen-bond acceptors (Lipinski definition) is 5. The first-order valence-electron chi connectivity index (χ1n) is 31.1. The molecule has 0 aromatic rings. The molecule has 0 saturated carbocycles. The lowest BCUT2D eigenvalue weighted by Gasteiger charge is -2.20. The van der Waals surface area contributed by atoms with E-state index in [1.807, 2.05) is 6.08 Å². The minimum atomic E-state index is -0.844. The zero-order chi connectivity index (χ0) is 51.4. The number of allylic oxidation sites excluding steroid dienone is 9. The van der Waals surface area contributed by atoms with Crippen molar-refractivity contribution >= 4 is 11.9 Å². The molecule has 71 heavy (non-hydrogen) atoms. The van der Waals surface area contributed by atoms with Gasteiger partial charge >= 0.3 is 5.97 Å². The largest absolute Gasteiger partial charge is 0.466 e. The Balaban J connectivity index is 3.41. The van der Waals surface area contributed by atoms with Gasteiger partial charge in [-0.2, -0.15) is 0 Å². The normalized spacial score (nSPS) is 13.0. The third-order valence-electron chi connectivity index (χ3n) is 14.0. The summed E-state index contributed by atoms with van der Waals surface area (Å²) in [4.78, 5) is 24.5. The third-order valence-corrected chi connectivity index (χ3v) is 14.0. The van der Waals surface area contributed by atoms with Crippen molar-refractivity contribution in [2.45, 2.75) is 328 Å². The molecule has 3 N–H and O–H groups in total. The molecule has 6 nitrogen and oxygen atoms in total. The lowest BCUT2D eigenvalue weighted by molar-refractivity contribution is -0.143. The molecule has 1 amide bonds. The van der Waals surface area contributed by atoms with Crippen molar-refractivity contribution in [3.05, 3.63) is 60.8 Å². The van der Waals surface area contributed by atoms with Crippen molar-refractivity contribution in [1.29, 1.82) is 0 Å². The lowest BCUT2D eigenvalue weighted by Crippen LogP contribution is -2.45. The Labute approximate surface area is 441 Å². The second-order valence-corrected chi connectivity index (χ2v) is 21.0. The first-order valence-corrected chi connectivity index (χ1v) is 31.1. The maximum atomic E-state index is 12.4. The van der Waals surface area contributed by atoms with Gasteiger partial charge in [-0.25, -0.2) is 0 Å². The predicted molar refractivity (Wildman–Crippen MR) is 310 cm³/mol. The zero-order valence-corrected chi connectivity index (χ0v) is 47.2. The number of esters is 1. The Bertz CT molecular complexity index is 1240. The van der Waals surface area contributed by atoms with E-state index < -0.39 is 12.1 Å². The molecule has 0 rings (SSSR count). The summed E-state index contributed by atoms with van der Waals surface area (Å²) in [6, 6.07) is -0.628. The summed E-state index contributed by atoms with van der Waals surface area (Å²) in [5.74, 6) is -0.0745. The molecular formula is C65H119NO5. The number of rotatable bonds is 57. The molecule has 2 atom stereocenters. The molecule has 0 spiro atoms. The predicted octanol–water partition coefficient (Wildman–Crippen LogP) is 19.5. The molecule has 0 radical (unpaired) electrons. The number of aliphatic hydroxyl groups excluding tert-OH is 2. The van der Waals surface area contributed by atoms with Gasteiger partial charge in [0.1, 0.15) is 0 Å². The zero-order valence-electron chi connectivity index (χ0n) is 47.2. The minimum Gasteiger partial charge on any atom is -0.466 e. The highest BCUT2D eigenvalue weighted by Gasteiger charge is 2.18. The molecule has 0 heterocycles. The summed E-state index contributed by atoms with van der Waals surface area (Å²) in [6.07, 6.45) is 78.4. The number of nitrogens with one attached hydrogen (secondary N) is 1. The van der Waals surface area contributed by atoms with Gasteiger partial charge in [0.2, 0.25) is 5.91 Å². The standard InChI is InChI=1S/C65H119NO5/c1-3-5-7-9-11-13-15-16-32-36-39-43-47-51-55-59-65(70)71-60-56-52-48-44-40-37-34-31-29-27-25-23-21-19-17-18-20-22-24-26-28-30-33-35-38-42-46-50-54-58-64(69)66-62(61-67)63(68)57-53-49-45-41-14-12-10-8-6-4-2/h11,13,16-17,19,23,25,32,53,57,62-63,67-68H,3-10,12,14-15,18,20-22,24,26-31,33-52,54-56,58-61H2,1-2H3,(H,66,69)/b13-11-,19-17-,25-23-,32-16-,57-53+. The molecule has 6 heteroatoms. The Hall–Kier alpha value is -2.44. The van der Waals surface area contributed by atoms with Crippen LogP contribution in [0, 0.1) is 0 Å². The van der Waals surface area contributed by atoms with Crippen LogP contribution in [-0.2, 0) is 14.3 Å². The van der Waals surface area contributed by atoms with Gasteiger partial charge < -0.3 is 20.3 Å². The van der Waals surface area contributed by atoms with Gasteiger partial charge in [-0.05, 0) is 96.3 Å². The van der Waals surface area contributed by atoms with Crippen LogP contribution < -0.4 is 5.32 Å². The second-order valence-electron chi connectivity index (χ2n) is 21.0. The highest BCUT2D eigenvalue weighted by atomic mass is 16.5. The molecular weight excluding hydrogens is 875 g/mol. The van der Waals surface area contributed by atoms with Crippen LogP contribution in [-0.4, -0.2) is 47.4 Å². The van der Waals surface area contributed by atoms with Crippen molar-refractivity contribution in [2.75, 3.05) is 13.2 Å². The molecule has 0 aromatic heterocycles. The topological polar surface area (TPSA) is 95.9 Å². The molecule has 414 valence electrons. The van der Waals surface area contributed by atoms with E-state index in [1.54, 1.807) is 6.08 Å². The van der Waals surface area contributed by atoms with Crippen LogP contribution in [0.3, 0.4) is 0 Å². The third kappa shape index (κ3) is 56.7. The van der Waals surface area contributed by atoms with Gasteiger partial charge in [-0.15, -0.1) is 0 Å². The number of hydrogen-bond donors (Lipinski definition) is 3. The van der Waals surface area contributed by atoms with Gasteiger partial charge in [0.15, 0.2) is 0 Å². The van der Waals surface area contributed by atoms with E-state index in [0.717, 1.165) is 57.8 Å². The lowest BCUT2D eigenvalue weighted by atomic mass is 10.0. The van der Waals surface area contributed by atoms with E-state index in [1.165, 1.54) is 231 Å². The average Bonchev–Trinajstić information content (AvgIpc) is 3.37. The number of aliphatic hydroxyl groups is 2. The van der Waals surface area contributed by atoms with Crippen molar-refractivity contribution in [1.82, 2.24) is 5.32 Å². The van der Waals surface area contributed by atoms with Crippen LogP contribution in [0.4, 0.5) is 0 Å². The summed E-state index contributed by atoms with van der Waals surface area (Å²) in [5, 5.41) is 23.0. The van der Waals surface area contributed by atoms with Crippen LogP contribution in [0.2, 0.25) is 0 Å². The Morgan fingerprint density at radius 1 is 0.394 bits per heavy atom. The van der Waals surface area contributed by atoms with Crippen LogP contribution >= 0.6 is 0 Å². The summed E-state index contributed by atoms with van der Waals surface area (Å²) in [7, 11) is 0.